The third-order valence-electron chi connectivity index (χ3n) is 2.47. The van der Waals surface area contributed by atoms with E-state index in [-0.39, 0.29) is 5.91 Å². The average molecular weight is 230 g/mol. The van der Waals surface area contributed by atoms with Crippen LogP contribution in [-0.4, -0.2) is 48.6 Å². The summed E-state index contributed by atoms with van der Waals surface area (Å²) in [6.45, 7) is 5.15. The van der Waals surface area contributed by atoms with Crippen LogP contribution in [0.25, 0.3) is 0 Å². The topological polar surface area (TPSA) is 69.6 Å². The predicted molar refractivity (Wildman–Crippen MR) is 62.2 cm³/mol. The molecule has 1 amide bonds. The standard InChI is InChI=1S/C11H22N2O3/c1-4-13(8-9(2)11(15)16)10(14)6-5-7-12-3/h9,12H,4-8H2,1-3H3,(H,15,16). The number of nitrogens with one attached hydrogen (secondary N) is 1. The number of carboxylic acid groups (broad SMARTS) is 1. The summed E-state index contributed by atoms with van der Waals surface area (Å²) in [6, 6.07) is 0. The van der Waals surface area contributed by atoms with Gasteiger partial charge in [0.15, 0.2) is 0 Å². The molecule has 1 unspecified atom stereocenters. The van der Waals surface area contributed by atoms with E-state index in [1.807, 2.05) is 14.0 Å². The van der Waals surface area contributed by atoms with E-state index < -0.39 is 11.9 Å². The van der Waals surface area contributed by atoms with Crippen LogP contribution in [0.2, 0.25) is 0 Å². The molecule has 0 heterocycles. The summed E-state index contributed by atoms with van der Waals surface area (Å²) in [4.78, 5) is 24.0. The van der Waals surface area contributed by atoms with E-state index in [1.165, 1.54) is 0 Å². The Balaban J connectivity index is 4.06. The number of amides is 1. The molecule has 0 bridgehead atoms. The number of carboxylic acids is 1. The van der Waals surface area contributed by atoms with Crippen LogP contribution >= 0.6 is 0 Å². The Morgan fingerprint density at radius 1 is 1.44 bits per heavy atom. The van der Waals surface area contributed by atoms with Crippen LogP contribution in [0.4, 0.5) is 0 Å². The van der Waals surface area contributed by atoms with Crippen molar-refractivity contribution in [3.8, 4) is 0 Å². The molecule has 2 N–H and O–H groups in total. The number of rotatable bonds is 8. The van der Waals surface area contributed by atoms with Crippen LogP contribution in [0, 0.1) is 5.92 Å². The van der Waals surface area contributed by atoms with Gasteiger partial charge in [-0.15, -0.1) is 0 Å². The van der Waals surface area contributed by atoms with Crippen LogP contribution in [0.15, 0.2) is 0 Å². The third kappa shape index (κ3) is 5.70. The zero-order chi connectivity index (χ0) is 12.6. The van der Waals surface area contributed by atoms with E-state index in [0.717, 1.165) is 13.0 Å². The molecule has 0 aromatic rings. The number of hydrogen-bond acceptors (Lipinski definition) is 3. The van der Waals surface area contributed by atoms with Crippen molar-refractivity contribution in [3.05, 3.63) is 0 Å². The first-order valence-corrected chi connectivity index (χ1v) is 5.68. The SMILES string of the molecule is CCN(CC(C)C(=O)O)C(=O)CCCNC. The molecule has 5 nitrogen and oxygen atoms in total. The number of hydrogen-bond donors (Lipinski definition) is 2. The molecule has 0 aliphatic carbocycles. The first-order chi connectivity index (χ1) is 7.52. The van der Waals surface area contributed by atoms with Gasteiger partial charge in [0.1, 0.15) is 0 Å². The number of carbonyl (C=O) groups excluding carboxylic acids is 1. The predicted octanol–water partition coefficient (Wildman–Crippen LogP) is 0.555. The minimum absolute atomic E-state index is 0.0332. The van der Waals surface area contributed by atoms with Gasteiger partial charge >= 0.3 is 5.97 Å². The normalized spacial score (nSPS) is 12.2. The summed E-state index contributed by atoms with van der Waals surface area (Å²) < 4.78 is 0. The Bertz CT molecular complexity index is 231. The summed E-state index contributed by atoms with van der Waals surface area (Å²) in [7, 11) is 1.84. The van der Waals surface area contributed by atoms with E-state index in [1.54, 1.807) is 11.8 Å². The maximum absolute atomic E-state index is 11.7. The van der Waals surface area contributed by atoms with Crippen LogP contribution in [0.1, 0.15) is 26.7 Å². The van der Waals surface area contributed by atoms with Crippen molar-refractivity contribution >= 4 is 11.9 Å². The number of carbonyl (C=O) groups is 2. The fraction of sp³-hybridized carbons (Fsp3) is 0.818. The van der Waals surface area contributed by atoms with Gasteiger partial charge in [0.25, 0.3) is 0 Å². The van der Waals surface area contributed by atoms with E-state index in [0.29, 0.717) is 19.5 Å². The van der Waals surface area contributed by atoms with E-state index in [2.05, 4.69) is 5.32 Å². The quantitative estimate of drug-likeness (QED) is 0.598. The molecule has 0 rings (SSSR count). The van der Waals surface area contributed by atoms with Crippen molar-refractivity contribution < 1.29 is 14.7 Å². The van der Waals surface area contributed by atoms with E-state index in [9.17, 15) is 9.59 Å². The lowest BCUT2D eigenvalue weighted by Gasteiger charge is -2.22. The smallest absolute Gasteiger partial charge is 0.308 e. The Hall–Kier alpha value is -1.10. The summed E-state index contributed by atoms with van der Waals surface area (Å²) in [5.74, 6) is -1.33. The fourth-order valence-electron chi connectivity index (χ4n) is 1.39. The molecule has 0 radical (unpaired) electrons. The van der Waals surface area contributed by atoms with Crippen LogP contribution in [-0.2, 0) is 9.59 Å². The summed E-state index contributed by atoms with van der Waals surface area (Å²) in [6.07, 6.45) is 1.26. The Kier molecular flexibility index (Phi) is 7.54. The molecule has 0 spiro atoms. The Morgan fingerprint density at radius 2 is 2.06 bits per heavy atom. The molecule has 0 aromatic heterocycles. The van der Waals surface area contributed by atoms with Crippen molar-refractivity contribution in [2.75, 3.05) is 26.7 Å². The molecular formula is C11H22N2O3. The van der Waals surface area contributed by atoms with Crippen LogP contribution in [0.3, 0.4) is 0 Å². The molecule has 16 heavy (non-hydrogen) atoms. The maximum Gasteiger partial charge on any atom is 0.308 e. The molecule has 1 atom stereocenters. The van der Waals surface area contributed by atoms with Crippen molar-refractivity contribution in [1.29, 1.82) is 0 Å². The van der Waals surface area contributed by atoms with Gasteiger partial charge in [0.05, 0.1) is 5.92 Å². The summed E-state index contributed by atoms with van der Waals surface area (Å²) >= 11 is 0. The molecule has 94 valence electrons. The van der Waals surface area contributed by atoms with Gasteiger partial charge in [0.2, 0.25) is 5.91 Å². The zero-order valence-electron chi connectivity index (χ0n) is 10.3. The first-order valence-electron chi connectivity index (χ1n) is 5.68. The molecular weight excluding hydrogens is 208 g/mol. The highest BCUT2D eigenvalue weighted by Crippen LogP contribution is 2.03. The lowest BCUT2D eigenvalue weighted by molar-refractivity contribution is -0.143. The highest BCUT2D eigenvalue weighted by atomic mass is 16.4. The fourth-order valence-corrected chi connectivity index (χ4v) is 1.39. The molecule has 0 saturated carbocycles. The van der Waals surface area contributed by atoms with Crippen LogP contribution < -0.4 is 5.32 Å². The van der Waals surface area contributed by atoms with Gasteiger partial charge in [-0.2, -0.15) is 0 Å². The maximum atomic E-state index is 11.7. The third-order valence-corrected chi connectivity index (χ3v) is 2.47. The minimum Gasteiger partial charge on any atom is -0.481 e. The lowest BCUT2D eigenvalue weighted by atomic mass is 10.1. The Labute approximate surface area is 96.8 Å². The van der Waals surface area contributed by atoms with Crippen molar-refractivity contribution in [2.24, 2.45) is 5.92 Å². The van der Waals surface area contributed by atoms with Gasteiger partial charge < -0.3 is 15.3 Å². The van der Waals surface area contributed by atoms with Gasteiger partial charge in [-0.05, 0) is 26.9 Å². The second kappa shape index (κ2) is 8.10. The van der Waals surface area contributed by atoms with Crippen molar-refractivity contribution in [1.82, 2.24) is 10.2 Å². The van der Waals surface area contributed by atoms with Gasteiger partial charge in [-0.25, -0.2) is 0 Å². The lowest BCUT2D eigenvalue weighted by Crippen LogP contribution is -2.36. The van der Waals surface area contributed by atoms with Crippen molar-refractivity contribution in [2.45, 2.75) is 26.7 Å². The second-order valence-electron chi connectivity index (χ2n) is 3.88. The van der Waals surface area contributed by atoms with E-state index >= 15 is 0 Å². The molecule has 0 fully saturated rings. The largest absolute Gasteiger partial charge is 0.481 e. The molecule has 0 aliphatic heterocycles. The summed E-state index contributed by atoms with van der Waals surface area (Å²) in [5.41, 5.74) is 0. The van der Waals surface area contributed by atoms with Gasteiger partial charge in [0, 0.05) is 19.5 Å². The highest BCUT2D eigenvalue weighted by Gasteiger charge is 2.18. The summed E-state index contributed by atoms with van der Waals surface area (Å²) in [5, 5.41) is 11.7. The molecule has 0 saturated heterocycles. The van der Waals surface area contributed by atoms with E-state index in [4.69, 9.17) is 5.11 Å². The molecule has 0 aromatic carbocycles. The van der Waals surface area contributed by atoms with Crippen molar-refractivity contribution in [3.63, 3.8) is 0 Å². The first kappa shape index (κ1) is 14.9. The average Bonchev–Trinajstić information content (AvgIpc) is 2.25. The second-order valence-corrected chi connectivity index (χ2v) is 3.88. The van der Waals surface area contributed by atoms with Crippen LogP contribution in [0.5, 0.6) is 0 Å². The highest BCUT2D eigenvalue weighted by molar-refractivity contribution is 5.77. The number of nitrogens with zero attached hydrogens (tertiary/aromatic N) is 1. The monoisotopic (exact) mass is 230 g/mol. The minimum atomic E-state index is -0.860. The molecule has 5 heteroatoms. The Morgan fingerprint density at radius 3 is 2.50 bits per heavy atom. The zero-order valence-corrected chi connectivity index (χ0v) is 10.3. The van der Waals surface area contributed by atoms with Gasteiger partial charge in [-0.3, -0.25) is 9.59 Å². The number of aliphatic carboxylic acids is 1. The molecule has 0 aliphatic rings. The van der Waals surface area contributed by atoms with Gasteiger partial charge in [-0.1, -0.05) is 6.92 Å².